The van der Waals surface area contributed by atoms with Crippen LogP contribution < -0.4 is 0 Å². The van der Waals surface area contributed by atoms with Gasteiger partial charge in [-0.25, -0.2) is 0 Å². The highest BCUT2D eigenvalue weighted by atomic mass is 35.5. The minimum absolute atomic E-state index is 0.711. The molecule has 0 aromatic heterocycles. The van der Waals surface area contributed by atoms with Gasteiger partial charge < -0.3 is 0 Å². The van der Waals surface area contributed by atoms with Crippen LogP contribution in [-0.2, 0) is 0 Å². The molecule has 0 nitrogen and oxygen atoms in total. The van der Waals surface area contributed by atoms with Crippen LogP contribution in [0.5, 0.6) is 0 Å². The molecular formula is C9H8Cl. The van der Waals surface area contributed by atoms with E-state index in [0.717, 1.165) is 11.1 Å². The average molecular weight is 152 g/mol. The lowest BCUT2D eigenvalue weighted by molar-refractivity contribution is 1.58. The molecule has 0 aliphatic heterocycles. The molecule has 1 heteroatoms. The summed E-state index contributed by atoms with van der Waals surface area (Å²) in [6.45, 7) is 7.38. The SMILES string of the molecule is [CH]=C(C)c1ccccc1Cl. The molecule has 10 heavy (non-hydrogen) atoms. The molecule has 1 aromatic rings. The van der Waals surface area contributed by atoms with Gasteiger partial charge in [-0.15, -0.1) is 0 Å². The zero-order valence-electron chi connectivity index (χ0n) is 5.76. The average Bonchev–Trinajstić information content (AvgIpc) is 1.88. The van der Waals surface area contributed by atoms with E-state index in [2.05, 4.69) is 0 Å². The summed E-state index contributed by atoms with van der Waals surface area (Å²) in [5.41, 5.74) is 1.68. The van der Waals surface area contributed by atoms with E-state index in [1.54, 1.807) is 0 Å². The second-order valence-electron chi connectivity index (χ2n) is 2.16. The highest BCUT2D eigenvalue weighted by Crippen LogP contribution is 2.20. The number of benzene rings is 1. The molecule has 1 radical (unpaired) electrons. The molecule has 0 fully saturated rings. The maximum atomic E-state index is 5.82. The van der Waals surface area contributed by atoms with E-state index in [1.807, 2.05) is 31.2 Å². The van der Waals surface area contributed by atoms with E-state index < -0.39 is 0 Å². The van der Waals surface area contributed by atoms with E-state index in [-0.39, 0.29) is 0 Å². The molecule has 51 valence electrons. The number of rotatable bonds is 1. The van der Waals surface area contributed by atoms with Crippen molar-refractivity contribution in [1.82, 2.24) is 0 Å². The minimum atomic E-state index is 0.711. The van der Waals surface area contributed by atoms with Crippen molar-refractivity contribution in [3.05, 3.63) is 41.4 Å². The van der Waals surface area contributed by atoms with Crippen LogP contribution in [0.25, 0.3) is 5.57 Å². The van der Waals surface area contributed by atoms with E-state index >= 15 is 0 Å². The van der Waals surface area contributed by atoms with Crippen molar-refractivity contribution in [3.63, 3.8) is 0 Å². The van der Waals surface area contributed by atoms with Crippen LogP contribution in [0.15, 0.2) is 24.3 Å². The van der Waals surface area contributed by atoms with Crippen molar-refractivity contribution in [3.8, 4) is 0 Å². The molecule has 0 atom stereocenters. The summed E-state index contributed by atoms with van der Waals surface area (Å²) in [7, 11) is 0. The zero-order chi connectivity index (χ0) is 7.56. The molecule has 0 bridgehead atoms. The summed E-state index contributed by atoms with van der Waals surface area (Å²) in [4.78, 5) is 0. The minimum Gasteiger partial charge on any atom is -0.0837 e. The molecule has 0 unspecified atom stereocenters. The first kappa shape index (κ1) is 7.36. The summed E-state index contributed by atoms with van der Waals surface area (Å²) in [6, 6.07) is 7.53. The Kier molecular flexibility index (Phi) is 2.13. The maximum Gasteiger partial charge on any atom is 0.0481 e. The van der Waals surface area contributed by atoms with Gasteiger partial charge in [0.2, 0.25) is 0 Å². The molecule has 0 saturated carbocycles. The monoisotopic (exact) mass is 151 g/mol. The fourth-order valence-electron chi connectivity index (χ4n) is 0.781. The first-order chi connectivity index (χ1) is 4.72. The summed E-state index contributed by atoms with van der Waals surface area (Å²) in [5, 5.41) is 0.711. The molecule has 0 N–H and O–H groups in total. The van der Waals surface area contributed by atoms with Gasteiger partial charge in [0, 0.05) is 5.02 Å². The Morgan fingerprint density at radius 3 is 2.40 bits per heavy atom. The largest absolute Gasteiger partial charge is 0.0837 e. The zero-order valence-corrected chi connectivity index (χ0v) is 6.52. The van der Waals surface area contributed by atoms with Crippen LogP contribution >= 0.6 is 11.6 Å². The second-order valence-corrected chi connectivity index (χ2v) is 2.57. The van der Waals surface area contributed by atoms with Crippen molar-refractivity contribution < 1.29 is 0 Å². The molecule has 0 heterocycles. The van der Waals surface area contributed by atoms with Gasteiger partial charge >= 0.3 is 0 Å². The maximum absolute atomic E-state index is 5.82. The summed E-state index contributed by atoms with van der Waals surface area (Å²) in [5.74, 6) is 0. The van der Waals surface area contributed by atoms with Crippen molar-refractivity contribution in [2.75, 3.05) is 0 Å². The van der Waals surface area contributed by atoms with Crippen molar-refractivity contribution in [2.24, 2.45) is 0 Å². The third-order valence-electron chi connectivity index (χ3n) is 1.30. The topological polar surface area (TPSA) is 0 Å². The molecule has 1 rings (SSSR count). The van der Waals surface area contributed by atoms with Gasteiger partial charge in [0.15, 0.2) is 0 Å². The Labute approximate surface area is 66.1 Å². The van der Waals surface area contributed by atoms with Crippen LogP contribution in [-0.4, -0.2) is 0 Å². The highest BCUT2D eigenvalue weighted by Gasteiger charge is 1.96. The predicted molar refractivity (Wildman–Crippen MR) is 44.8 cm³/mol. The molecule has 1 aromatic carbocycles. The van der Waals surface area contributed by atoms with E-state index in [1.165, 1.54) is 0 Å². The van der Waals surface area contributed by atoms with E-state index in [9.17, 15) is 0 Å². The van der Waals surface area contributed by atoms with Crippen LogP contribution in [0.3, 0.4) is 0 Å². The van der Waals surface area contributed by atoms with E-state index in [0.29, 0.717) is 5.02 Å². The highest BCUT2D eigenvalue weighted by molar-refractivity contribution is 6.32. The smallest absolute Gasteiger partial charge is 0.0481 e. The first-order valence-corrected chi connectivity index (χ1v) is 3.43. The molecule has 0 aliphatic carbocycles. The predicted octanol–water partition coefficient (Wildman–Crippen LogP) is 3.18. The molecule has 0 spiro atoms. The Hall–Kier alpha value is -0.750. The second kappa shape index (κ2) is 2.89. The van der Waals surface area contributed by atoms with E-state index in [4.69, 9.17) is 18.2 Å². The quantitative estimate of drug-likeness (QED) is 0.579. The number of hydrogen-bond donors (Lipinski definition) is 0. The van der Waals surface area contributed by atoms with Gasteiger partial charge in [0.1, 0.15) is 0 Å². The Morgan fingerprint density at radius 2 is 2.00 bits per heavy atom. The molecular weight excluding hydrogens is 144 g/mol. The van der Waals surface area contributed by atoms with Crippen molar-refractivity contribution >= 4 is 17.2 Å². The summed E-state index contributed by atoms with van der Waals surface area (Å²) < 4.78 is 0. The van der Waals surface area contributed by atoms with Gasteiger partial charge in [0.05, 0.1) is 0 Å². The normalized spacial score (nSPS) is 9.40. The number of allylic oxidation sites excluding steroid dienone is 1. The molecule has 0 aliphatic rings. The Morgan fingerprint density at radius 1 is 1.40 bits per heavy atom. The standard InChI is InChI=1S/C9H8Cl/c1-7(2)8-5-3-4-6-9(8)10/h1,3-6H,2H3. The van der Waals surface area contributed by atoms with Gasteiger partial charge in [-0.05, 0) is 24.1 Å². The number of halogens is 1. The lowest BCUT2D eigenvalue weighted by Crippen LogP contribution is -1.77. The third-order valence-corrected chi connectivity index (χ3v) is 1.63. The first-order valence-electron chi connectivity index (χ1n) is 3.06. The van der Waals surface area contributed by atoms with Gasteiger partial charge in [0.25, 0.3) is 0 Å². The lowest BCUT2D eigenvalue weighted by Gasteiger charge is -1.99. The Bertz CT molecular complexity index is 251. The van der Waals surface area contributed by atoms with Gasteiger partial charge in [-0.2, -0.15) is 0 Å². The van der Waals surface area contributed by atoms with Gasteiger partial charge in [-0.1, -0.05) is 36.4 Å². The van der Waals surface area contributed by atoms with Gasteiger partial charge in [-0.3, -0.25) is 0 Å². The molecule has 0 saturated heterocycles. The van der Waals surface area contributed by atoms with Crippen LogP contribution in [0.4, 0.5) is 0 Å². The molecule has 0 amide bonds. The fraction of sp³-hybridized carbons (Fsp3) is 0.111. The lowest BCUT2D eigenvalue weighted by atomic mass is 10.1. The Balaban J connectivity index is 3.15. The summed E-state index contributed by atoms with van der Waals surface area (Å²) in [6.07, 6.45) is 0. The van der Waals surface area contributed by atoms with Crippen LogP contribution in [0.1, 0.15) is 12.5 Å². The third kappa shape index (κ3) is 1.39. The van der Waals surface area contributed by atoms with Crippen LogP contribution in [0, 0.1) is 6.58 Å². The number of hydrogen-bond acceptors (Lipinski definition) is 0. The summed E-state index contributed by atoms with van der Waals surface area (Å²) >= 11 is 5.82. The van der Waals surface area contributed by atoms with Crippen molar-refractivity contribution in [2.45, 2.75) is 6.92 Å². The van der Waals surface area contributed by atoms with Crippen LogP contribution in [0.2, 0.25) is 5.02 Å². The van der Waals surface area contributed by atoms with Crippen molar-refractivity contribution in [1.29, 1.82) is 0 Å². The fourth-order valence-corrected chi connectivity index (χ4v) is 1.07.